The first-order valence-corrected chi connectivity index (χ1v) is 14.6. The fraction of sp³-hybridized carbons (Fsp3) is 0.655. The Morgan fingerprint density at radius 2 is 1.95 bits per heavy atom. The first kappa shape index (κ1) is 26.7. The van der Waals surface area contributed by atoms with E-state index in [0.29, 0.717) is 19.6 Å². The normalized spacial score (nSPS) is 33.9. The van der Waals surface area contributed by atoms with E-state index in [4.69, 9.17) is 0 Å². The van der Waals surface area contributed by atoms with Gasteiger partial charge in [-0.1, -0.05) is 32.1 Å². The molecule has 5 heterocycles. The minimum absolute atomic E-state index is 0.0164. The Balaban J connectivity index is 1.23. The van der Waals surface area contributed by atoms with Crippen molar-refractivity contribution in [2.45, 2.75) is 83.2 Å². The van der Waals surface area contributed by atoms with Crippen molar-refractivity contribution in [3.63, 3.8) is 0 Å². The van der Waals surface area contributed by atoms with Crippen LogP contribution in [0.15, 0.2) is 30.4 Å². The third kappa shape index (κ3) is 5.09. The molecule has 2 amide bonds. The number of amides is 2. The van der Waals surface area contributed by atoms with Gasteiger partial charge in [0.2, 0.25) is 11.8 Å². The quantitative estimate of drug-likeness (QED) is 0.423. The molecule has 3 saturated heterocycles. The lowest BCUT2D eigenvalue weighted by atomic mass is 9.78. The molecule has 0 spiro atoms. The number of likely N-dealkylation sites (N-methyl/N-ethyl adjacent to an activating group) is 1. The first-order valence-electron chi connectivity index (χ1n) is 14.6. The molecule has 0 radical (unpaired) electrons. The monoisotopic (exact) mass is 536 g/mol. The van der Waals surface area contributed by atoms with E-state index in [1.165, 1.54) is 11.1 Å². The van der Waals surface area contributed by atoms with Gasteiger partial charge in [-0.05, 0) is 56.0 Å². The van der Waals surface area contributed by atoms with Gasteiger partial charge < -0.3 is 15.1 Å². The maximum atomic E-state index is 13.6. The van der Waals surface area contributed by atoms with Gasteiger partial charge >= 0.3 is 0 Å². The van der Waals surface area contributed by atoms with Crippen molar-refractivity contribution in [1.29, 1.82) is 0 Å². The molecule has 5 atom stereocenters. The molecule has 6 rings (SSSR count). The van der Waals surface area contributed by atoms with Gasteiger partial charge in [-0.3, -0.25) is 30.5 Å². The van der Waals surface area contributed by atoms with Crippen molar-refractivity contribution in [1.82, 2.24) is 35.8 Å². The Morgan fingerprint density at radius 3 is 2.77 bits per heavy atom. The smallest absolute Gasteiger partial charge is 0.244 e. The van der Waals surface area contributed by atoms with Crippen LogP contribution in [0.25, 0.3) is 0 Å². The Hall–Kier alpha value is -2.50. The summed E-state index contributed by atoms with van der Waals surface area (Å²) in [5.41, 5.74) is 3.98. The predicted molar refractivity (Wildman–Crippen MR) is 151 cm³/mol. The highest BCUT2D eigenvalue weighted by Gasteiger charge is 2.52. The molecular weight excluding hydrogens is 492 g/mol. The number of carbonyl (C=O) groups excluding carboxylic acids is 2. The predicted octanol–water partition coefficient (Wildman–Crippen LogP) is 1.53. The molecule has 2 bridgehead atoms. The third-order valence-corrected chi connectivity index (χ3v) is 9.07. The van der Waals surface area contributed by atoms with E-state index in [0.717, 1.165) is 44.5 Å². The molecule has 4 N–H and O–H groups in total. The van der Waals surface area contributed by atoms with Gasteiger partial charge in [-0.2, -0.15) is 5.01 Å². The van der Waals surface area contributed by atoms with Crippen LogP contribution in [0.5, 0.6) is 0 Å². The highest BCUT2D eigenvalue weighted by Crippen LogP contribution is 2.35. The van der Waals surface area contributed by atoms with E-state index >= 15 is 0 Å². The molecule has 0 aliphatic carbocycles. The summed E-state index contributed by atoms with van der Waals surface area (Å²) in [6, 6.07) is 6.72. The summed E-state index contributed by atoms with van der Waals surface area (Å²) in [6.07, 6.45) is 7.48. The molecule has 1 aromatic carbocycles. The van der Waals surface area contributed by atoms with Crippen LogP contribution in [0, 0.1) is 5.92 Å². The van der Waals surface area contributed by atoms with Gasteiger partial charge in [0.1, 0.15) is 6.29 Å². The fourth-order valence-corrected chi connectivity index (χ4v) is 7.41. The number of fused-ring (bicyclic) bond motifs is 7. The number of carbonyl (C=O) groups is 2. The van der Waals surface area contributed by atoms with E-state index in [1.807, 2.05) is 9.91 Å². The number of hydrogen-bond acceptors (Lipinski definition) is 8. The number of piperidine rings is 1. The molecule has 212 valence electrons. The standard InChI is InChI=1S/C29H44N8O2/c1-19(38)35-13-6-5-7-14-36-27(39)22-16-30-28(33-26(22)37(36)25-10-8-9-24(35)32-25)31-21-11-12-23-20(15-21)17-34(4)18-29(23,2)3/h5,7,11-12,15,22,24-26,28,30-33H,6,8-10,13-14,16-18H2,1-4H3/b7-5-. The molecule has 5 aliphatic heterocycles. The van der Waals surface area contributed by atoms with Gasteiger partial charge in [-0.15, -0.1) is 0 Å². The number of anilines is 1. The lowest BCUT2D eigenvalue weighted by Gasteiger charge is -2.46. The second-order valence-electron chi connectivity index (χ2n) is 12.5. The summed E-state index contributed by atoms with van der Waals surface area (Å²) in [6.45, 7) is 10.1. The molecular formula is C29H44N8O2. The number of rotatable bonds is 2. The Kier molecular flexibility index (Phi) is 7.18. The molecule has 3 fully saturated rings. The van der Waals surface area contributed by atoms with Crippen LogP contribution in [-0.2, 0) is 21.5 Å². The van der Waals surface area contributed by atoms with Crippen LogP contribution < -0.4 is 21.3 Å². The molecule has 0 aromatic heterocycles. The molecule has 10 nitrogen and oxygen atoms in total. The average molecular weight is 537 g/mol. The Morgan fingerprint density at radius 1 is 1.13 bits per heavy atom. The molecule has 5 aliphatic rings. The minimum Gasteiger partial charge on any atom is -0.358 e. The number of nitrogens with one attached hydrogen (secondary N) is 4. The lowest BCUT2D eigenvalue weighted by Crippen LogP contribution is -2.69. The van der Waals surface area contributed by atoms with Crippen LogP contribution in [-0.4, -0.2) is 89.6 Å². The molecule has 1 aromatic rings. The van der Waals surface area contributed by atoms with Crippen molar-refractivity contribution in [2.24, 2.45) is 5.92 Å². The summed E-state index contributed by atoms with van der Waals surface area (Å²) < 4.78 is 0. The van der Waals surface area contributed by atoms with E-state index in [2.05, 4.69) is 82.4 Å². The lowest BCUT2D eigenvalue weighted by molar-refractivity contribution is -0.148. The molecule has 0 saturated carbocycles. The zero-order valence-corrected chi connectivity index (χ0v) is 23.7. The van der Waals surface area contributed by atoms with Crippen molar-refractivity contribution in [3.05, 3.63) is 41.5 Å². The van der Waals surface area contributed by atoms with Crippen molar-refractivity contribution >= 4 is 17.5 Å². The fourth-order valence-electron chi connectivity index (χ4n) is 7.41. The largest absolute Gasteiger partial charge is 0.358 e. The number of hydrogen-bond donors (Lipinski definition) is 4. The SMILES string of the molecule is CC(=O)N1CC/C=C\CN2C(=O)C3CNC(Nc4ccc5c(c4)CN(C)CC5(C)C)NC3N2C2CCCC1N2. The Labute approximate surface area is 232 Å². The summed E-state index contributed by atoms with van der Waals surface area (Å²) in [5.74, 6) is 0.0640. The summed E-state index contributed by atoms with van der Waals surface area (Å²) >= 11 is 0. The van der Waals surface area contributed by atoms with Gasteiger partial charge in [-0.25, -0.2) is 0 Å². The van der Waals surface area contributed by atoms with Crippen molar-refractivity contribution in [2.75, 3.05) is 38.5 Å². The van der Waals surface area contributed by atoms with Gasteiger partial charge in [0.05, 0.1) is 31.0 Å². The maximum absolute atomic E-state index is 13.6. The second-order valence-corrected chi connectivity index (χ2v) is 12.5. The highest BCUT2D eigenvalue weighted by atomic mass is 16.2. The van der Waals surface area contributed by atoms with Gasteiger partial charge in [0.15, 0.2) is 0 Å². The van der Waals surface area contributed by atoms with E-state index in [1.54, 1.807) is 6.92 Å². The van der Waals surface area contributed by atoms with Crippen LogP contribution in [0.1, 0.15) is 57.6 Å². The van der Waals surface area contributed by atoms with Crippen molar-refractivity contribution < 1.29 is 9.59 Å². The van der Waals surface area contributed by atoms with E-state index in [9.17, 15) is 9.59 Å². The molecule has 5 unspecified atom stereocenters. The number of hydrazine groups is 1. The van der Waals surface area contributed by atoms with E-state index in [-0.39, 0.29) is 47.9 Å². The summed E-state index contributed by atoms with van der Waals surface area (Å²) in [7, 11) is 2.18. The van der Waals surface area contributed by atoms with E-state index < -0.39 is 0 Å². The zero-order valence-electron chi connectivity index (χ0n) is 23.7. The average Bonchev–Trinajstić information content (AvgIpc) is 3.14. The first-order chi connectivity index (χ1) is 18.7. The van der Waals surface area contributed by atoms with Crippen molar-refractivity contribution in [3.8, 4) is 0 Å². The van der Waals surface area contributed by atoms with Crippen LogP contribution in [0.4, 0.5) is 5.69 Å². The minimum atomic E-state index is -0.177. The molecule has 10 heteroatoms. The maximum Gasteiger partial charge on any atom is 0.244 e. The zero-order chi connectivity index (χ0) is 27.3. The van der Waals surface area contributed by atoms with Crippen LogP contribution in [0.2, 0.25) is 0 Å². The number of nitrogens with zero attached hydrogens (tertiary/aromatic N) is 4. The Bertz CT molecular complexity index is 1140. The van der Waals surface area contributed by atoms with Gasteiger partial charge in [0, 0.05) is 44.2 Å². The highest BCUT2D eigenvalue weighted by molar-refractivity contribution is 5.82. The van der Waals surface area contributed by atoms with Crippen LogP contribution in [0.3, 0.4) is 0 Å². The van der Waals surface area contributed by atoms with Gasteiger partial charge in [0.25, 0.3) is 0 Å². The second kappa shape index (κ2) is 10.5. The van der Waals surface area contributed by atoms with Crippen LogP contribution >= 0.6 is 0 Å². The third-order valence-electron chi connectivity index (χ3n) is 9.07. The topological polar surface area (TPSA) is 95.2 Å². The summed E-state index contributed by atoms with van der Waals surface area (Å²) in [5, 5.41) is 18.8. The number of benzene rings is 1. The molecule has 39 heavy (non-hydrogen) atoms. The summed E-state index contributed by atoms with van der Waals surface area (Å²) in [4.78, 5) is 30.4.